The molecule has 4 aromatic rings. The summed E-state index contributed by atoms with van der Waals surface area (Å²) in [6.07, 6.45) is 0. The zero-order valence-electron chi connectivity index (χ0n) is 16.2. The fraction of sp³-hybridized carbons (Fsp3) is 0.136. The van der Waals surface area contributed by atoms with E-state index in [1.54, 1.807) is 43.3 Å². The van der Waals surface area contributed by atoms with Gasteiger partial charge in [0, 0.05) is 23.1 Å². The van der Waals surface area contributed by atoms with Gasteiger partial charge in [-0.3, -0.25) is 10.1 Å². The SMILES string of the molecule is Cc1c(-c2cc3cc(OCc4ccc([N+](=O)[O-])cc4)ccc3o2)oc(=O)c(C)c1O. The molecule has 0 aliphatic carbocycles. The van der Waals surface area contributed by atoms with Crippen molar-refractivity contribution in [3.8, 4) is 23.0 Å². The minimum atomic E-state index is -0.624. The van der Waals surface area contributed by atoms with E-state index in [0.29, 0.717) is 22.7 Å². The number of furan rings is 1. The number of ether oxygens (including phenoxy) is 1. The second-order valence-corrected chi connectivity index (χ2v) is 6.84. The highest BCUT2D eigenvalue weighted by atomic mass is 16.6. The molecule has 2 aromatic carbocycles. The molecular formula is C22H17NO7. The summed E-state index contributed by atoms with van der Waals surface area (Å²) in [4.78, 5) is 22.2. The summed E-state index contributed by atoms with van der Waals surface area (Å²) in [5, 5.41) is 21.6. The monoisotopic (exact) mass is 407 g/mol. The van der Waals surface area contributed by atoms with Crippen molar-refractivity contribution in [1.29, 1.82) is 0 Å². The topological polar surface area (TPSA) is 116 Å². The fourth-order valence-corrected chi connectivity index (χ4v) is 3.07. The maximum absolute atomic E-state index is 11.9. The summed E-state index contributed by atoms with van der Waals surface area (Å²) in [7, 11) is 0. The van der Waals surface area contributed by atoms with Crippen molar-refractivity contribution in [3.05, 3.63) is 85.8 Å². The number of benzene rings is 2. The molecule has 0 saturated heterocycles. The number of nitrogens with zero attached hydrogens (tertiary/aromatic N) is 1. The number of hydrogen-bond donors (Lipinski definition) is 1. The summed E-state index contributed by atoms with van der Waals surface area (Å²) in [6, 6.07) is 13.1. The van der Waals surface area contributed by atoms with Gasteiger partial charge in [0.05, 0.1) is 10.5 Å². The molecule has 30 heavy (non-hydrogen) atoms. The number of fused-ring (bicyclic) bond motifs is 1. The molecule has 152 valence electrons. The molecule has 0 bridgehead atoms. The van der Waals surface area contributed by atoms with Crippen LogP contribution in [0.1, 0.15) is 16.7 Å². The predicted octanol–water partition coefficient (Wildman–Crippen LogP) is 4.86. The first-order valence-corrected chi connectivity index (χ1v) is 9.07. The van der Waals surface area contributed by atoms with Crippen LogP contribution in [0.5, 0.6) is 11.5 Å². The molecule has 0 fully saturated rings. The maximum Gasteiger partial charge on any atom is 0.343 e. The lowest BCUT2D eigenvalue weighted by molar-refractivity contribution is -0.384. The summed E-state index contributed by atoms with van der Waals surface area (Å²) in [5.74, 6) is 0.960. The van der Waals surface area contributed by atoms with Crippen LogP contribution in [0, 0.1) is 24.0 Å². The summed E-state index contributed by atoms with van der Waals surface area (Å²) in [6.45, 7) is 3.38. The molecule has 0 saturated carbocycles. The van der Waals surface area contributed by atoms with Crippen LogP contribution in [-0.4, -0.2) is 10.0 Å². The molecule has 8 heteroatoms. The van der Waals surface area contributed by atoms with E-state index in [-0.39, 0.29) is 29.4 Å². The molecule has 2 heterocycles. The van der Waals surface area contributed by atoms with E-state index in [1.807, 2.05) is 0 Å². The Balaban J connectivity index is 1.59. The molecule has 0 unspecified atom stereocenters. The van der Waals surface area contributed by atoms with Crippen LogP contribution >= 0.6 is 0 Å². The van der Waals surface area contributed by atoms with Gasteiger partial charge in [0.2, 0.25) is 0 Å². The quantitative estimate of drug-likeness (QED) is 0.371. The third kappa shape index (κ3) is 3.50. The van der Waals surface area contributed by atoms with Crippen LogP contribution in [0.4, 0.5) is 5.69 Å². The van der Waals surface area contributed by atoms with Gasteiger partial charge in [0.1, 0.15) is 23.7 Å². The molecule has 8 nitrogen and oxygen atoms in total. The van der Waals surface area contributed by atoms with Crippen LogP contribution in [-0.2, 0) is 6.61 Å². The molecule has 0 amide bonds. The Kier molecular flexibility index (Phi) is 4.75. The van der Waals surface area contributed by atoms with Gasteiger partial charge in [0.15, 0.2) is 11.5 Å². The highest BCUT2D eigenvalue weighted by Crippen LogP contribution is 2.34. The van der Waals surface area contributed by atoms with Crippen molar-refractivity contribution in [1.82, 2.24) is 0 Å². The molecule has 2 aromatic heterocycles. The molecule has 0 aliphatic heterocycles. The highest BCUT2D eigenvalue weighted by molar-refractivity contribution is 5.84. The normalized spacial score (nSPS) is 11.0. The van der Waals surface area contributed by atoms with Gasteiger partial charge in [-0.15, -0.1) is 0 Å². The third-order valence-corrected chi connectivity index (χ3v) is 4.82. The van der Waals surface area contributed by atoms with Crippen LogP contribution in [0.25, 0.3) is 22.5 Å². The molecule has 0 spiro atoms. The Morgan fingerprint density at radius 1 is 1.03 bits per heavy atom. The Morgan fingerprint density at radius 2 is 1.77 bits per heavy atom. The standard InChI is InChI=1S/C22H17NO7/c1-12-20(24)13(2)22(25)30-21(12)19-10-15-9-17(7-8-18(15)29-19)28-11-14-3-5-16(6-4-14)23(26)27/h3-10,24H,11H2,1-2H3. The van der Waals surface area contributed by atoms with Gasteiger partial charge in [-0.2, -0.15) is 0 Å². The van der Waals surface area contributed by atoms with E-state index in [9.17, 15) is 20.0 Å². The minimum absolute atomic E-state index is 0.0233. The average Bonchev–Trinajstić information content (AvgIpc) is 3.16. The summed E-state index contributed by atoms with van der Waals surface area (Å²) < 4.78 is 16.9. The second-order valence-electron chi connectivity index (χ2n) is 6.84. The smallest absolute Gasteiger partial charge is 0.343 e. The number of rotatable bonds is 5. The molecule has 0 aliphatic rings. The van der Waals surface area contributed by atoms with E-state index < -0.39 is 10.5 Å². The predicted molar refractivity (Wildman–Crippen MR) is 109 cm³/mol. The van der Waals surface area contributed by atoms with Gasteiger partial charge in [-0.1, -0.05) is 0 Å². The Bertz CT molecular complexity index is 1320. The first-order chi connectivity index (χ1) is 14.3. The van der Waals surface area contributed by atoms with Gasteiger partial charge < -0.3 is 18.7 Å². The lowest BCUT2D eigenvalue weighted by atomic mass is 10.1. The molecule has 0 atom stereocenters. The minimum Gasteiger partial charge on any atom is -0.507 e. The lowest BCUT2D eigenvalue weighted by Gasteiger charge is -2.06. The van der Waals surface area contributed by atoms with Crippen LogP contribution < -0.4 is 10.4 Å². The Hall–Kier alpha value is -4.07. The van der Waals surface area contributed by atoms with Crippen molar-refractivity contribution < 1.29 is 23.6 Å². The summed E-state index contributed by atoms with van der Waals surface area (Å²) >= 11 is 0. The van der Waals surface area contributed by atoms with E-state index in [4.69, 9.17) is 13.6 Å². The van der Waals surface area contributed by atoms with Crippen molar-refractivity contribution in [2.24, 2.45) is 0 Å². The van der Waals surface area contributed by atoms with Crippen molar-refractivity contribution in [3.63, 3.8) is 0 Å². The Morgan fingerprint density at radius 3 is 2.47 bits per heavy atom. The zero-order chi connectivity index (χ0) is 21.4. The van der Waals surface area contributed by atoms with E-state index >= 15 is 0 Å². The highest BCUT2D eigenvalue weighted by Gasteiger charge is 2.18. The first-order valence-electron chi connectivity index (χ1n) is 9.07. The van der Waals surface area contributed by atoms with Crippen molar-refractivity contribution in [2.45, 2.75) is 20.5 Å². The van der Waals surface area contributed by atoms with Gasteiger partial charge in [-0.05, 0) is 55.8 Å². The van der Waals surface area contributed by atoms with Crippen molar-refractivity contribution in [2.75, 3.05) is 0 Å². The molecule has 1 N–H and O–H groups in total. The molecular weight excluding hydrogens is 390 g/mol. The molecule has 4 rings (SSSR count). The van der Waals surface area contributed by atoms with Gasteiger partial charge in [-0.25, -0.2) is 4.79 Å². The van der Waals surface area contributed by atoms with Crippen LogP contribution in [0.15, 0.2) is 62.2 Å². The zero-order valence-corrected chi connectivity index (χ0v) is 16.2. The van der Waals surface area contributed by atoms with Crippen molar-refractivity contribution >= 4 is 16.7 Å². The number of hydrogen-bond acceptors (Lipinski definition) is 7. The van der Waals surface area contributed by atoms with Gasteiger partial charge >= 0.3 is 5.63 Å². The van der Waals surface area contributed by atoms with Crippen LogP contribution in [0.2, 0.25) is 0 Å². The second kappa shape index (κ2) is 7.40. The lowest BCUT2D eigenvalue weighted by Crippen LogP contribution is -2.05. The number of nitro benzene ring substituents is 1. The van der Waals surface area contributed by atoms with Crippen LogP contribution in [0.3, 0.4) is 0 Å². The number of aromatic hydroxyl groups is 1. The first kappa shape index (κ1) is 19.3. The van der Waals surface area contributed by atoms with Gasteiger partial charge in [0.25, 0.3) is 5.69 Å². The van der Waals surface area contributed by atoms with E-state index in [0.717, 1.165) is 10.9 Å². The number of nitro groups is 1. The van der Waals surface area contributed by atoms with E-state index in [1.165, 1.54) is 19.1 Å². The summed E-state index contributed by atoms with van der Waals surface area (Å²) in [5.41, 5.74) is 1.32. The average molecular weight is 407 g/mol. The third-order valence-electron chi connectivity index (χ3n) is 4.82. The molecule has 0 radical (unpaired) electrons. The number of non-ortho nitro benzene ring substituents is 1. The fourth-order valence-electron chi connectivity index (χ4n) is 3.07. The largest absolute Gasteiger partial charge is 0.507 e. The van der Waals surface area contributed by atoms with E-state index in [2.05, 4.69) is 0 Å². The Labute approximate surface area is 170 Å². The maximum atomic E-state index is 11.9.